The van der Waals surface area contributed by atoms with Crippen LogP contribution in [0.2, 0.25) is 0 Å². The quantitative estimate of drug-likeness (QED) is 0.463. The van der Waals surface area contributed by atoms with E-state index in [1.807, 2.05) is 0 Å². The number of aromatic nitrogens is 4. The third-order valence-electron chi connectivity index (χ3n) is 7.30. The van der Waals surface area contributed by atoms with Gasteiger partial charge in [0.15, 0.2) is 5.65 Å². The van der Waals surface area contributed by atoms with E-state index in [-0.39, 0.29) is 23.6 Å². The number of rotatable bonds is 4. The molecule has 0 bridgehead atoms. The molecule has 1 aliphatic carbocycles. The summed E-state index contributed by atoms with van der Waals surface area (Å²) in [6.45, 7) is 1.38. The Hall–Kier alpha value is -3.26. The van der Waals surface area contributed by atoms with Crippen LogP contribution in [0.3, 0.4) is 0 Å². The number of carboxylic acids is 1. The molecule has 1 saturated heterocycles. The molecule has 0 spiro atoms. The van der Waals surface area contributed by atoms with Crippen LogP contribution in [0.1, 0.15) is 55.2 Å². The predicted molar refractivity (Wildman–Crippen MR) is 121 cm³/mol. The lowest BCUT2D eigenvalue weighted by atomic mass is 9.87. The highest BCUT2D eigenvalue weighted by Gasteiger charge is 2.37. The minimum atomic E-state index is -0.726. The van der Waals surface area contributed by atoms with Gasteiger partial charge in [-0.3, -0.25) is 9.89 Å². The molecule has 33 heavy (non-hydrogen) atoms. The third-order valence-corrected chi connectivity index (χ3v) is 7.30. The van der Waals surface area contributed by atoms with E-state index >= 15 is 0 Å². The number of fused-ring (bicyclic) bond motifs is 2. The van der Waals surface area contributed by atoms with Crippen molar-refractivity contribution in [3.63, 3.8) is 0 Å². The normalized spacial score (nSPS) is 21.8. The molecule has 6 rings (SSSR count). The second-order valence-electron chi connectivity index (χ2n) is 9.21. The van der Waals surface area contributed by atoms with Crippen LogP contribution in [-0.2, 0) is 9.53 Å². The van der Waals surface area contributed by atoms with Crippen molar-refractivity contribution in [2.24, 2.45) is 5.92 Å². The first kappa shape index (κ1) is 20.4. The maximum absolute atomic E-state index is 13.8. The number of aliphatic carboxylic acids is 1. The summed E-state index contributed by atoms with van der Waals surface area (Å²) in [5.41, 5.74) is 5.74. The molecule has 1 saturated carbocycles. The first-order valence-corrected chi connectivity index (χ1v) is 11.5. The first-order valence-electron chi connectivity index (χ1n) is 11.5. The number of aromatic amines is 1. The van der Waals surface area contributed by atoms with E-state index in [2.05, 4.69) is 20.8 Å². The molecule has 0 amide bonds. The molecule has 2 N–H and O–H groups in total. The molecule has 2 fully saturated rings. The zero-order valence-electron chi connectivity index (χ0n) is 18.1. The van der Waals surface area contributed by atoms with Gasteiger partial charge in [-0.2, -0.15) is 5.10 Å². The molecule has 4 aromatic rings. The summed E-state index contributed by atoms with van der Waals surface area (Å²) in [7, 11) is 0. The van der Waals surface area contributed by atoms with Gasteiger partial charge in [0.25, 0.3) is 0 Å². The van der Waals surface area contributed by atoms with E-state index in [1.165, 1.54) is 17.8 Å². The maximum Gasteiger partial charge on any atom is 0.306 e. The Labute approximate surface area is 189 Å². The third kappa shape index (κ3) is 3.40. The van der Waals surface area contributed by atoms with Crippen molar-refractivity contribution >= 4 is 28.0 Å². The highest BCUT2D eigenvalue weighted by atomic mass is 19.1. The Balaban J connectivity index is 1.65. The average Bonchev–Trinajstić information content (AvgIpc) is 3.55. The van der Waals surface area contributed by atoms with Gasteiger partial charge in [-0.25, -0.2) is 9.37 Å². The topological polar surface area (TPSA) is 93.0 Å². The van der Waals surface area contributed by atoms with E-state index in [0.29, 0.717) is 31.7 Å². The summed E-state index contributed by atoms with van der Waals surface area (Å²) in [5, 5.41) is 17.7. The van der Waals surface area contributed by atoms with Crippen LogP contribution in [0, 0.1) is 11.7 Å². The van der Waals surface area contributed by atoms with Crippen LogP contribution in [-0.4, -0.2) is 44.0 Å². The molecule has 1 aromatic carbocycles. The molecule has 170 valence electrons. The van der Waals surface area contributed by atoms with E-state index in [4.69, 9.17) is 9.72 Å². The van der Waals surface area contributed by atoms with Crippen molar-refractivity contribution in [3.8, 4) is 5.69 Å². The van der Waals surface area contributed by atoms with E-state index < -0.39 is 5.97 Å². The zero-order chi connectivity index (χ0) is 22.5. The Bertz CT molecular complexity index is 1340. The number of halogens is 1. The smallest absolute Gasteiger partial charge is 0.306 e. The van der Waals surface area contributed by atoms with Crippen LogP contribution in [0.25, 0.3) is 27.8 Å². The first-order chi connectivity index (χ1) is 16.1. The Morgan fingerprint density at radius 3 is 2.64 bits per heavy atom. The highest BCUT2D eigenvalue weighted by molar-refractivity contribution is 5.93. The van der Waals surface area contributed by atoms with Crippen molar-refractivity contribution in [1.82, 2.24) is 19.7 Å². The van der Waals surface area contributed by atoms with Gasteiger partial charge in [-0.05, 0) is 68.4 Å². The van der Waals surface area contributed by atoms with Crippen molar-refractivity contribution in [3.05, 3.63) is 53.6 Å². The van der Waals surface area contributed by atoms with Gasteiger partial charge >= 0.3 is 5.97 Å². The lowest BCUT2D eigenvalue weighted by Gasteiger charge is -2.27. The predicted octanol–water partition coefficient (Wildman–Crippen LogP) is 4.90. The van der Waals surface area contributed by atoms with E-state index in [9.17, 15) is 14.3 Å². The molecule has 0 unspecified atom stereocenters. The van der Waals surface area contributed by atoms with E-state index in [1.54, 1.807) is 18.3 Å². The number of H-pyrrole nitrogens is 1. The lowest BCUT2D eigenvalue weighted by molar-refractivity contribution is -0.141. The molecule has 8 heteroatoms. The fourth-order valence-electron chi connectivity index (χ4n) is 5.72. The molecular formula is C25H25FN4O3. The summed E-state index contributed by atoms with van der Waals surface area (Å²) in [4.78, 5) is 16.7. The summed E-state index contributed by atoms with van der Waals surface area (Å²) >= 11 is 0. The van der Waals surface area contributed by atoms with Crippen molar-refractivity contribution in [1.29, 1.82) is 0 Å². The number of hydrogen-bond acceptors (Lipinski definition) is 4. The Kier molecular flexibility index (Phi) is 4.90. The zero-order valence-corrected chi connectivity index (χ0v) is 18.1. The molecular weight excluding hydrogens is 423 g/mol. The van der Waals surface area contributed by atoms with Crippen LogP contribution in [0.5, 0.6) is 0 Å². The van der Waals surface area contributed by atoms with E-state index in [0.717, 1.165) is 46.9 Å². The largest absolute Gasteiger partial charge is 0.481 e. The SMILES string of the molecule is O=C(O)[C@@H]1CC[C@@H](c2c(C3CCOCC3)n(-c3ccc(F)cc3)c3cc4cn[nH]c4nc23)C1. The van der Waals surface area contributed by atoms with Gasteiger partial charge in [0.2, 0.25) is 0 Å². The summed E-state index contributed by atoms with van der Waals surface area (Å²) in [6.07, 6.45) is 5.63. The number of hydrogen-bond donors (Lipinski definition) is 2. The van der Waals surface area contributed by atoms with Crippen LogP contribution < -0.4 is 0 Å². The summed E-state index contributed by atoms with van der Waals surface area (Å²) in [6, 6.07) is 8.65. The van der Waals surface area contributed by atoms with Gasteiger partial charge in [0.1, 0.15) is 5.82 Å². The second kappa shape index (κ2) is 7.95. The average molecular weight is 448 g/mol. The summed E-state index contributed by atoms with van der Waals surface area (Å²) in [5.74, 6) is -0.971. The Morgan fingerprint density at radius 2 is 1.91 bits per heavy atom. The van der Waals surface area contributed by atoms with Crippen molar-refractivity contribution in [2.75, 3.05) is 13.2 Å². The number of ether oxygens (including phenoxy) is 1. The number of carbonyl (C=O) groups is 1. The molecule has 1 aliphatic heterocycles. The minimum absolute atomic E-state index is 0.112. The standard InChI is InChI=1S/C25H25FN4O3/c26-18-3-5-19(6-4-18)30-20-12-17-13-27-29-24(17)28-22(20)21(15-1-2-16(11-15)25(31)32)23(30)14-7-9-33-10-8-14/h3-6,12-16H,1-2,7-11H2,(H,31,32)(H,27,28,29)/t15-,16-/m1/s1. The van der Waals surface area contributed by atoms with Crippen LogP contribution >= 0.6 is 0 Å². The monoisotopic (exact) mass is 448 g/mol. The maximum atomic E-state index is 13.8. The molecule has 2 atom stereocenters. The minimum Gasteiger partial charge on any atom is -0.481 e. The molecule has 3 aromatic heterocycles. The van der Waals surface area contributed by atoms with Gasteiger partial charge in [0.05, 0.1) is 23.1 Å². The number of nitrogens with one attached hydrogen (secondary N) is 1. The van der Waals surface area contributed by atoms with Crippen LogP contribution in [0.15, 0.2) is 36.5 Å². The second-order valence-corrected chi connectivity index (χ2v) is 9.21. The number of pyridine rings is 1. The summed E-state index contributed by atoms with van der Waals surface area (Å²) < 4.78 is 21.7. The molecule has 4 heterocycles. The van der Waals surface area contributed by atoms with Crippen molar-refractivity contribution < 1.29 is 19.0 Å². The van der Waals surface area contributed by atoms with Gasteiger partial charge in [0, 0.05) is 41.5 Å². The lowest BCUT2D eigenvalue weighted by Crippen LogP contribution is -2.19. The van der Waals surface area contributed by atoms with Gasteiger partial charge < -0.3 is 14.4 Å². The fourth-order valence-corrected chi connectivity index (χ4v) is 5.72. The number of benzene rings is 1. The molecule has 0 radical (unpaired) electrons. The fraction of sp³-hybridized carbons (Fsp3) is 0.400. The Morgan fingerprint density at radius 1 is 1.12 bits per heavy atom. The highest BCUT2D eigenvalue weighted by Crippen LogP contribution is 2.47. The van der Waals surface area contributed by atoms with Crippen molar-refractivity contribution in [2.45, 2.75) is 43.9 Å². The number of nitrogens with zero attached hydrogens (tertiary/aromatic N) is 3. The van der Waals surface area contributed by atoms with Gasteiger partial charge in [-0.1, -0.05) is 0 Å². The van der Waals surface area contributed by atoms with Gasteiger partial charge in [-0.15, -0.1) is 0 Å². The van der Waals surface area contributed by atoms with Crippen LogP contribution in [0.4, 0.5) is 4.39 Å². The number of carboxylic acid groups (broad SMARTS) is 1. The molecule has 7 nitrogen and oxygen atoms in total. The molecule has 2 aliphatic rings.